The number of hydrogen-bond donors (Lipinski definition) is 1. The van der Waals surface area contributed by atoms with Gasteiger partial charge in [0.25, 0.3) is 0 Å². The molecule has 4 heteroatoms. The van der Waals surface area contributed by atoms with Crippen molar-refractivity contribution in [2.45, 2.75) is 63.9 Å². The summed E-state index contributed by atoms with van der Waals surface area (Å²) in [4.78, 5) is 8.93. The summed E-state index contributed by atoms with van der Waals surface area (Å²) in [6.07, 6.45) is 2.38. The van der Waals surface area contributed by atoms with E-state index >= 15 is 0 Å². The van der Waals surface area contributed by atoms with Crippen molar-refractivity contribution in [1.82, 2.24) is 15.3 Å². The maximum atomic E-state index is 4.47. The van der Waals surface area contributed by atoms with E-state index in [0.29, 0.717) is 11.3 Å². The number of nitrogens with zero attached hydrogens (tertiary/aromatic N) is 2. The van der Waals surface area contributed by atoms with E-state index in [-0.39, 0.29) is 0 Å². The summed E-state index contributed by atoms with van der Waals surface area (Å²) >= 11 is 1.75. The molecule has 1 rings (SSSR count). The topological polar surface area (TPSA) is 37.8 Å². The van der Waals surface area contributed by atoms with E-state index in [4.69, 9.17) is 0 Å². The fourth-order valence-electron chi connectivity index (χ4n) is 1.88. The highest BCUT2D eigenvalue weighted by Gasteiger charge is 2.10. The Kier molecular flexibility index (Phi) is 6.65. The number of aryl methyl sites for hydroxylation is 2. The molecule has 0 spiro atoms. The first-order chi connectivity index (χ1) is 8.55. The summed E-state index contributed by atoms with van der Waals surface area (Å²) < 4.78 is 0. The number of thioether (sulfide) groups is 1. The average Bonchev–Trinajstić information content (AvgIpc) is 2.28. The molecule has 1 unspecified atom stereocenters. The van der Waals surface area contributed by atoms with Gasteiger partial charge in [0.05, 0.1) is 0 Å². The zero-order chi connectivity index (χ0) is 13.5. The van der Waals surface area contributed by atoms with Gasteiger partial charge in [0.1, 0.15) is 0 Å². The Labute approximate surface area is 115 Å². The molecule has 0 bridgehead atoms. The lowest BCUT2D eigenvalue weighted by atomic mass is 10.2. The van der Waals surface area contributed by atoms with E-state index in [0.717, 1.165) is 23.1 Å². The lowest BCUT2D eigenvalue weighted by Gasteiger charge is -2.18. The Bertz CT molecular complexity index is 344. The first-order valence-electron chi connectivity index (χ1n) is 6.77. The minimum Gasteiger partial charge on any atom is -0.313 e. The molecule has 0 radical (unpaired) electrons. The van der Waals surface area contributed by atoms with Crippen molar-refractivity contribution in [3.63, 3.8) is 0 Å². The van der Waals surface area contributed by atoms with Crippen LogP contribution in [0.2, 0.25) is 0 Å². The normalized spacial score (nSPS) is 13.0. The number of hydrogen-bond acceptors (Lipinski definition) is 4. The monoisotopic (exact) mass is 267 g/mol. The van der Waals surface area contributed by atoms with E-state index in [1.807, 2.05) is 19.9 Å². The summed E-state index contributed by atoms with van der Waals surface area (Å²) in [7, 11) is 0. The molecule has 18 heavy (non-hydrogen) atoms. The minimum atomic E-state index is 0.492. The molecule has 0 saturated heterocycles. The predicted molar refractivity (Wildman–Crippen MR) is 79.2 cm³/mol. The fraction of sp³-hybridized carbons (Fsp3) is 0.714. The van der Waals surface area contributed by atoms with Crippen LogP contribution in [0.5, 0.6) is 0 Å². The number of aromatic nitrogens is 2. The minimum absolute atomic E-state index is 0.492. The van der Waals surface area contributed by atoms with Crippen LogP contribution in [-0.2, 0) is 0 Å². The Morgan fingerprint density at radius 3 is 2.22 bits per heavy atom. The Morgan fingerprint density at radius 2 is 1.72 bits per heavy atom. The third-order valence-corrected chi connectivity index (χ3v) is 3.91. The van der Waals surface area contributed by atoms with Crippen LogP contribution in [0.25, 0.3) is 0 Å². The van der Waals surface area contributed by atoms with Crippen LogP contribution >= 0.6 is 11.8 Å². The van der Waals surface area contributed by atoms with Gasteiger partial charge in [-0.05, 0) is 32.8 Å². The van der Waals surface area contributed by atoms with Crippen LogP contribution in [0.3, 0.4) is 0 Å². The maximum Gasteiger partial charge on any atom is 0.188 e. The molecule has 1 N–H and O–H groups in total. The van der Waals surface area contributed by atoms with Crippen LogP contribution in [-0.4, -0.2) is 27.8 Å². The molecule has 1 aromatic heterocycles. The van der Waals surface area contributed by atoms with Crippen molar-refractivity contribution in [3.8, 4) is 0 Å². The average molecular weight is 267 g/mol. The standard InChI is InChI=1S/C14H25N3S/c1-6-13(7-2)15-9-12(5)18-14-16-10(3)8-11(4)17-14/h8,12-13,15H,6-7,9H2,1-5H3. The van der Waals surface area contributed by atoms with E-state index in [2.05, 4.69) is 36.1 Å². The summed E-state index contributed by atoms with van der Waals surface area (Å²) in [6, 6.07) is 2.64. The second-order valence-electron chi connectivity index (χ2n) is 4.78. The highest BCUT2D eigenvalue weighted by molar-refractivity contribution is 7.99. The van der Waals surface area contributed by atoms with Gasteiger partial charge in [0.15, 0.2) is 5.16 Å². The summed E-state index contributed by atoms with van der Waals surface area (Å²) in [6.45, 7) is 11.7. The van der Waals surface area contributed by atoms with Crippen molar-refractivity contribution >= 4 is 11.8 Å². The first-order valence-corrected chi connectivity index (χ1v) is 7.65. The molecule has 1 heterocycles. The molecule has 1 atom stereocenters. The van der Waals surface area contributed by atoms with Crippen LogP contribution in [0.1, 0.15) is 45.0 Å². The molecule has 0 aliphatic rings. The maximum absolute atomic E-state index is 4.47. The van der Waals surface area contributed by atoms with Crippen molar-refractivity contribution in [2.75, 3.05) is 6.54 Å². The second kappa shape index (κ2) is 7.74. The summed E-state index contributed by atoms with van der Waals surface area (Å²) in [5, 5.41) is 4.98. The quantitative estimate of drug-likeness (QED) is 0.607. The van der Waals surface area contributed by atoms with Crippen molar-refractivity contribution in [3.05, 3.63) is 17.5 Å². The Morgan fingerprint density at radius 1 is 1.17 bits per heavy atom. The fourth-order valence-corrected chi connectivity index (χ4v) is 2.81. The van der Waals surface area contributed by atoms with Crippen LogP contribution < -0.4 is 5.32 Å². The lowest BCUT2D eigenvalue weighted by Crippen LogP contribution is -2.32. The molecule has 102 valence electrons. The number of nitrogens with one attached hydrogen (secondary N) is 1. The first kappa shape index (κ1) is 15.4. The molecule has 0 fully saturated rings. The van der Waals surface area contributed by atoms with Crippen LogP contribution in [0, 0.1) is 13.8 Å². The largest absolute Gasteiger partial charge is 0.313 e. The van der Waals surface area contributed by atoms with Gasteiger partial charge in [-0.2, -0.15) is 0 Å². The highest BCUT2D eigenvalue weighted by atomic mass is 32.2. The van der Waals surface area contributed by atoms with Gasteiger partial charge in [-0.25, -0.2) is 9.97 Å². The smallest absolute Gasteiger partial charge is 0.188 e. The van der Waals surface area contributed by atoms with E-state index < -0.39 is 0 Å². The van der Waals surface area contributed by atoms with Gasteiger partial charge in [-0.1, -0.05) is 32.5 Å². The zero-order valence-corrected chi connectivity index (χ0v) is 13.0. The molecule has 0 aliphatic heterocycles. The molecule has 0 amide bonds. The molecular formula is C14H25N3S. The Balaban J connectivity index is 2.46. The number of rotatable bonds is 7. The van der Waals surface area contributed by atoms with Gasteiger partial charge in [0, 0.05) is 29.2 Å². The molecule has 0 saturated carbocycles. The molecule has 3 nitrogen and oxygen atoms in total. The van der Waals surface area contributed by atoms with Gasteiger partial charge in [-0.15, -0.1) is 0 Å². The Hall–Kier alpha value is -0.610. The molecule has 0 aliphatic carbocycles. The van der Waals surface area contributed by atoms with Crippen molar-refractivity contribution in [2.24, 2.45) is 0 Å². The van der Waals surface area contributed by atoms with Crippen molar-refractivity contribution < 1.29 is 0 Å². The predicted octanol–water partition coefficient (Wildman–Crippen LogP) is 3.35. The highest BCUT2D eigenvalue weighted by Crippen LogP contribution is 2.19. The second-order valence-corrected chi connectivity index (χ2v) is 6.19. The van der Waals surface area contributed by atoms with Gasteiger partial charge >= 0.3 is 0 Å². The van der Waals surface area contributed by atoms with Gasteiger partial charge in [-0.3, -0.25) is 0 Å². The van der Waals surface area contributed by atoms with Crippen molar-refractivity contribution in [1.29, 1.82) is 0 Å². The molecule has 1 aromatic rings. The van der Waals surface area contributed by atoms with E-state index in [1.165, 1.54) is 12.8 Å². The van der Waals surface area contributed by atoms with E-state index in [9.17, 15) is 0 Å². The third kappa shape index (κ3) is 5.36. The SMILES string of the molecule is CCC(CC)NCC(C)Sc1nc(C)cc(C)n1. The van der Waals surface area contributed by atoms with Crippen LogP contribution in [0.4, 0.5) is 0 Å². The molecule has 0 aromatic carbocycles. The van der Waals surface area contributed by atoms with Gasteiger partial charge in [0.2, 0.25) is 0 Å². The zero-order valence-electron chi connectivity index (χ0n) is 12.2. The molecular weight excluding hydrogens is 242 g/mol. The summed E-state index contributed by atoms with van der Waals surface area (Å²) in [5.74, 6) is 0. The van der Waals surface area contributed by atoms with Crippen LogP contribution in [0.15, 0.2) is 11.2 Å². The van der Waals surface area contributed by atoms with E-state index in [1.54, 1.807) is 11.8 Å². The summed E-state index contributed by atoms with van der Waals surface area (Å²) in [5.41, 5.74) is 2.09. The third-order valence-electron chi connectivity index (χ3n) is 2.95. The van der Waals surface area contributed by atoms with Gasteiger partial charge < -0.3 is 5.32 Å². The lowest BCUT2D eigenvalue weighted by molar-refractivity contribution is 0.487.